The average molecular weight is 210 g/mol. The lowest BCUT2D eigenvalue weighted by molar-refractivity contribution is 0.0439. The van der Waals surface area contributed by atoms with Crippen LogP contribution in [0, 0.1) is 11.8 Å². The second-order valence-corrected chi connectivity index (χ2v) is 5.46. The monoisotopic (exact) mass is 210 g/mol. The van der Waals surface area contributed by atoms with E-state index in [2.05, 4.69) is 26.8 Å². The smallest absolute Gasteiger partial charge is 0.0570 e. The van der Waals surface area contributed by atoms with Gasteiger partial charge >= 0.3 is 0 Å². The minimum absolute atomic E-state index is 0.0274. The van der Waals surface area contributed by atoms with Crippen LogP contribution >= 0.6 is 0 Å². The highest BCUT2D eigenvalue weighted by Gasteiger charge is 2.25. The Labute approximate surface area is 94.6 Å². The fraction of sp³-hybridized carbons (Fsp3) is 0.857. The van der Waals surface area contributed by atoms with Gasteiger partial charge in [0.2, 0.25) is 0 Å². The van der Waals surface area contributed by atoms with Crippen molar-refractivity contribution in [3.05, 3.63) is 11.6 Å². The fourth-order valence-corrected chi connectivity index (χ4v) is 2.52. The Morgan fingerprint density at radius 2 is 2.07 bits per heavy atom. The second kappa shape index (κ2) is 6.32. The number of hydrogen-bond donors (Lipinski definition) is 1. The molecule has 0 spiro atoms. The van der Waals surface area contributed by atoms with Crippen LogP contribution in [0.2, 0.25) is 0 Å². The zero-order valence-electron chi connectivity index (χ0n) is 10.5. The Balaban J connectivity index is 2.18. The fourth-order valence-electron chi connectivity index (χ4n) is 2.52. The zero-order chi connectivity index (χ0) is 11.3. The Morgan fingerprint density at radius 1 is 1.33 bits per heavy atom. The molecule has 0 aliphatic heterocycles. The Morgan fingerprint density at radius 3 is 2.67 bits per heavy atom. The van der Waals surface area contributed by atoms with Crippen LogP contribution in [0.25, 0.3) is 0 Å². The highest BCUT2D eigenvalue weighted by atomic mass is 16.3. The van der Waals surface area contributed by atoms with Crippen LogP contribution in [0.1, 0.15) is 59.3 Å². The summed E-state index contributed by atoms with van der Waals surface area (Å²) in [6, 6.07) is 0. The van der Waals surface area contributed by atoms with Crippen LogP contribution in [-0.2, 0) is 0 Å². The molecule has 1 saturated carbocycles. The summed E-state index contributed by atoms with van der Waals surface area (Å²) in [6.07, 6.45) is 9.47. The molecule has 3 atom stereocenters. The lowest BCUT2D eigenvalue weighted by Gasteiger charge is -2.31. The van der Waals surface area contributed by atoms with E-state index in [1.807, 2.05) is 0 Å². The molecule has 0 saturated heterocycles. The molecular weight excluding hydrogens is 184 g/mol. The van der Waals surface area contributed by atoms with Gasteiger partial charge in [0.15, 0.2) is 0 Å². The first-order valence-corrected chi connectivity index (χ1v) is 6.41. The first-order chi connectivity index (χ1) is 7.09. The molecule has 0 heterocycles. The molecule has 1 nitrogen and oxygen atoms in total. The van der Waals surface area contributed by atoms with E-state index in [0.717, 1.165) is 12.3 Å². The predicted octanol–water partition coefficient (Wildman–Crippen LogP) is 3.92. The highest BCUT2D eigenvalue weighted by molar-refractivity contribution is 4.92. The number of allylic oxidation sites excluding steroid dienone is 2. The number of unbranched alkanes of at least 4 members (excludes halogenated alkanes) is 1. The minimum Gasteiger partial charge on any atom is -0.393 e. The highest BCUT2D eigenvalue weighted by Crippen LogP contribution is 2.31. The first kappa shape index (κ1) is 12.8. The van der Waals surface area contributed by atoms with E-state index in [9.17, 15) is 5.11 Å². The van der Waals surface area contributed by atoms with Crippen molar-refractivity contribution in [3.8, 4) is 0 Å². The van der Waals surface area contributed by atoms with Crippen molar-refractivity contribution in [1.82, 2.24) is 0 Å². The summed E-state index contributed by atoms with van der Waals surface area (Å²) in [4.78, 5) is 0. The van der Waals surface area contributed by atoms with Gasteiger partial charge in [0.25, 0.3) is 0 Å². The molecular formula is C14H26O. The molecule has 0 amide bonds. The third kappa shape index (κ3) is 4.83. The summed E-state index contributed by atoms with van der Waals surface area (Å²) < 4.78 is 0. The molecule has 15 heavy (non-hydrogen) atoms. The standard InChI is InChI=1S/C14H26O/c1-11(2)6-4-5-7-13-9-8-12(3)10-14(13)15/h6,12-15H,4-5,7-10H2,1-3H3. The molecule has 1 aliphatic carbocycles. The van der Waals surface area contributed by atoms with E-state index in [1.165, 1.54) is 37.7 Å². The minimum atomic E-state index is -0.0274. The summed E-state index contributed by atoms with van der Waals surface area (Å²) in [5.74, 6) is 1.31. The van der Waals surface area contributed by atoms with Crippen LogP contribution in [0.4, 0.5) is 0 Å². The molecule has 0 radical (unpaired) electrons. The van der Waals surface area contributed by atoms with Gasteiger partial charge in [0.1, 0.15) is 0 Å². The number of aliphatic hydroxyl groups is 1. The maximum absolute atomic E-state index is 9.93. The number of aliphatic hydroxyl groups excluding tert-OH is 1. The van der Waals surface area contributed by atoms with E-state index in [1.54, 1.807) is 0 Å². The van der Waals surface area contributed by atoms with Crippen molar-refractivity contribution in [1.29, 1.82) is 0 Å². The van der Waals surface area contributed by atoms with Crippen LogP contribution in [0.15, 0.2) is 11.6 Å². The second-order valence-electron chi connectivity index (χ2n) is 5.46. The number of hydrogen-bond acceptors (Lipinski definition) is 1. The predicted molar refractivity (Wildman–Crippen MR) is 65.8 cm³/mol. The normalized spacial score (nSPS) is 31.3. The van der Waals surface area contributed by atoms with Crippen LogP contribution in [0.5, 0.6) is 0 Å². The van der Waals surface area contributed by atoms with E-state index in [0.29, 0.717) is 5.92 Å². The van der Waals surface area contributed by atoms with Crippen molar-refractivity contribution < 1.29 is 5.11 Å². The molecule has 1 heteroatoms. The van der Waals surface area contributed by atoms with Gasteiger partial charge in [-0.3, -0.25) is 0 Å². The summed E-state index contributed by atoms with van der Waals surface area (Å²) in [6.45, 7) is 6.55. The average Bonchev–Trinajstić information content (AvgIpc) is 2.14. The molecule has 0 aromatic heterocycles. The van der Waals surface area contributed by atoms with Crippen molar-refractivity contribution in [2.75, 3.05) is 0 Å². The van der Waals surface area contributed by atoms with Gasteiger partial charge in [-0.05, 0) is 57.8 Å². The van der Waals surface area contributed by atoms with Gasteiger partial charge in [-0.25, -0.2) is 0 Å². The van der Waals surface area contributed by atoms with Gasteiger partial charge in [-0.2, -0.15) is 0 Å². The quantitative estimate of drug-likeness (QED) is 0.551. The van der Waals surface area contributed by atoms with Crippen LogP contribution in [0.3, 0.4) is 0 Å². The molecule has 88 valence electrons. The molecule has 3 unspecified atom stereocenters. The van der Waals surface area contributed by atoms with Crippen LogP contribution < -0.4 is 0 Å². The summed E-state index contributed by atoms with van der Waals surface area (Å²) in [5, 5.41) is 9.93. The molecule has 1 aliphatic rings. The van der Waals surface area contributed by atoms with Gasteiger partial charge in [-0.15, -0.1) is 0 Å². The van der Waals surface area contributed by atoms with Crippen molar-refractivity contribution in [2.45, 2.75) is 65.4 Å². The first-order valence-electron chi connectivity index (χ1n) is 6.41. The Hall–Kier alpha value is -0.300. The SMILES string of the molecule is CC(C)=CCCCC1CCC(C)CC1O. The van der Waals surface area contributed by atoms with Crippen molar-refractivity contribution in [2.24, 2.45) is 11.8 Å². The number of rotatable bonds is 4. The lowest BCUT2D eigenvalue weighted by atomic mass is 9.78. The van der Waals surface area contributed by atoms with Gasteiger partial charge in [0, 0.05) is 0 Å². The van der Waals surface area contributed by atoms with Gasteiger partial charge in [-0.1, -0.05) is 25.0 Å². The molecule has 0 bridgehead atoms. The molecule has 1 fully saturated rings. The molecule has 1 rings (SSSR count). The molecule has 0 aromatic rings. The lowest BCUT2D eigenvalue weighted by Crippen LogP contribution is -2.28. The summed E-state index contributed by atoms with van der Waals surface area (Å²) >= 11 is 0. The van der Waals surface area contributed by atoms with Crippen molar-refractivity contribution in [3.63, 3.8) is 0 Å². The topological polar surface area (TPSA) is 20.2 Å². The van der Waals surface area contributed by atoms with Gasteiger partial charge < -0.3 is 5.11 Å². The van der Waals surface area contributed by atoms with Crippen LogP contribution in [-0.4, -0.2) is 11.2 Å². The Kier molecular flexibility index (Phi) is 5.38. The zero-order valence-corrected chi connectivity index (χ0v) is 10.5. The largest absolute Gasteiger partial charge is 0.393 e. The third-order valence-electron chi connectivity index (χ3n) is 3.55. The van der Waals surface area contributed by atoms with Crippen molar-refractivity contribution >= 4 is 0 Å². The molecule has 0 aromatic carbocycles. The third-order valence-corrected chi connectivity index (χ3v) is 3.55. The maximum atomic E-state index is 9.93. The van der Waals surface area contributed by atoms with E-state index >= 15 is 0 Å². The van der Waals surface area contributed by atoms with E-state index in [4.69, 9.17) is 0 Å². The van der Waals surface area contributed by atoms with Gasteiger partial charge in [0.05, 0.1) is 6.10 Å². The maximum Gasteiger partial charge on any atom is 0.0570 e. The van der Waals surface area contributed by atoms with E-state index < -0.39 is 0 Å². The molecule has 1 N–H and O–H groups in total. The summed E-state index contributed by atoms with van der Waals surface area (Å²) in [7, 11) is 0. The summed E-state index contributed by atoms with van der Waals surface area (Å²) in [5.41, 5.74) is 1.41. The Bertz CT molecular complexity index is 203. The van der Waals surface area contributed by atoms with E-state index in [-0.39, 0.29) is 6.10 Å².